The lowest BCUT2D eigenvalue weighted by atomic mass is 9.99. The summed E-state index contributed by atoms with van der Waals surface area (Å²) in [6.07, 6.45) is 0. The fourth-order valence-corrected chi connectivity index (χ4v) is 3.90. The van der Waals surface area contributed by atoms with Crippen LogP contribution in [0.15, 0.2) is 41.4 Å². The molecule has 34 heavy (non-hydrogen) atoms. The molecular formula is C23H30N6O4S. The molecule has 2 rings (SSSR count). The second-order valence-corrected chi connectivity index (χ2v) is 8.81. The number of guanidine groups is 2. The monoisotopic (exact) mass is 486 g/mol. The number of hydrogen-bond acceptors (Lipinski definition) is 6. The van der Waals surface area contributed by atoms with E-state index in [1.165, 1.54) is 11.8 Å². The SMILES string of the molecule is COc1ccc2cc([C@@H](C)C(=O)SC[C@H](NC(C)=O)C(=O)N/C(N)=N/C(=N)N(C)C)ccc2c1. The van der Waals surface area contributed by atoms with Gasteiger partial charge in [-0.25, -0.2) is 0 Å². The Hall–Kier alpha value is -3.60. The summed E-state index contributed by atoms with van der Waals surface area (Å²) in [5.41, 5.74) is 6.52. The number of benzene rings is 2. The number of rotatable bonds is 7. The number of methoxy groups -OCH3 is 1. The van der Waals surface area contributed by atoms with Crippen LogP contribution < -0.4 is 21.1 Å². The van der Waals surface area contributed by atoms with Gasteiger partial charge in [-0.3, -0.25) is 25.1 Å². The Morgan fingerprint density at radius 3 is 2.44 bits per heavy atom. The molecule has 10 nitrogen and oxygen atoms in total. The summed E-state index contributed by atoms with van der Waals surface area (Å²) in [7, 11) is 4.83. The minimum Gasteiger partial charge on any atom is -0.497 e. The van der Waals surface area contributed by atoms with Gasteiger partial charge < -0.3 is 20.7 Å². The van der Waals surface area contributed by atoms with Crippen LogP contribution in [-0.2, 0) is 14.4 Å². The van der Waals surface area contributed by atoms with E-state index in [1.54, 1.807) is 28.1 Å². The van der Waals surface area contributed by atoms with Crippen LogP contribution in [0.4, 0.5) is 0 Å². The number of nitrogens with two attached hydrogens (primary N) is 1. The zero-order valence-electron chi connectivity index (χ0n) is 19.8. The molecule has 0 bridgehead atoms. The largest absolute Gasteiger partial charge is 0.497 e. The number of nitrogens with zero attached hydrogens (tertiary/aromatic N) is 2. The Kier molecular flexibility index (Phi) is 9.43. The van der Waals surface area contributed by atoms with E-state index in [2.05, 4.69) is 15.6 Å². The van der Waals surface area contributed by atoms with Crippen LogP contribution in [0.1, 0.15) is 25.3 Å². The minimum atomic E-state index is -1.01. The number of hydrogen-bond donors (Lipinski definition) is 4. The van der Waals surface area contributed by atoms with E-state index < -0.39 is 23.8 Å². The van der Waals surface area contributed by atoms with Gasteiger partial charge >= 0.3 is 0 Å². The fraction of sp³-hybridized carbons (Fsp3) is 0.348. The third kappa shape index (κ3) is 7.48. The molecule has 0 radical (unpaired) electrons. The summed E-state index contributed by atoms with van der Waals surface area (Å²) in [6, 6.07) is 10.5. The Balaban J connectivity index is 2.07. The van der Waals surface area contributed by atoms with Crippen LogP contribution in [-0.4, -0.2) is 66.7 Å². The van der Waals surface area contributed by atoms with Crippen molar-refractivity contribution in [1.82, 2.24) is 15.5 Å². The standard InChI is InChI=1S/C23H30N6O4S/c1-13(15-6-7-17-11-18(33-5)9-8-16(17)10-15)21(32)34-12-19(26-14(2)30)20(31)27-22(24)28-23(25)29(3)4/h6-11,13,19H,12H2,1-5H3,(H,26,30)(H4,24,25,27,28,31)/t13-,19+/m1/s1. The van der Waals surface area contributed by atoms with E-state index >= 15 is 0 Å². The molecule has 2 aromatic rings. The molecule has 0 unspecified atom stereocenters. The Morgan fingerprint density at radius 1 is 1.18 bits per heavy atom. The number of ether oxygens (including phenoxy) is 1. The number of fused-ring (bicyclic) bond motifs is 1. The third-order valence-corrected chi connectivity index (χ3v) is 6.05. The molecule has 2 atom stereocenters. The van der Waals surface area contributed by atoms with Crippen LogP contribution in [0.25, 0.3) is 10.8 Å². The maximum Gasteiger partial charge on any atom is 0.250 e. The number of carbonyl (C=O) groups is 3. The van der Waals surface area contributed by atoms with E-state index in [0.717, 1.165) is 33.8 Å². The topological polar surface area (TPSA) is 150 Å². The lowest BCUT2D eigenvalue weighted by molar-refractivity contribution is -0.126. The zero-order valence-corrected chi connectivity index (χ0v) is 20.7. The lowest BCUT2D eigenvalue weighted by Gasteiger charge is -2.18. The summed E-state index contributed by atoms with van der Waals surface area (Å²) >= 11 is 0.949. The van der Waals surface area contributed by atoms with Crippen molar-refractivity contribution in [1.29, 1.82) is 5.41 Å². The first-order chi connectivity index (χ1) is 16.0. The maximum atomic E-state index is 12.9. The molecule has 11 heteroatoms. The number of aliphatic imine (C=N–C) groups is 1. The van der Waals surface area contributed by atoms with E-state index in [9.17, 15) is 14.4 Å². The van der Waals surface area contributed by atoms with Crippen molar-refractivity contribution in [2.75, 3.05) is 27.0 Å². The van der Waals surface area contributed by atoms with Gasteiger partial charge in [-0.15, -0.1) is 0 Å². The first-order valence-corrected chi connectivity index (χ1v) is 11.4. The van der Waals surface area contributed by atoms with Gasteiger partial charge in [0, 0.05) is 26.8 Å². The van der Waals surface area contributed by atoms with Gasteiger partial charge in [0.1, 0.15) is 11.8 Å². The summed E-state index contributed by atoms with van der Waals surface area (Å²) in [4.78, 5) is 42.2. The second-order valence-electron chi connectivity index (χ2n) is 7.78. The zero-order chi connectivity index (χ0) is 25.4. The maximum absolute atomic E-state index is 12.9. The Morgan fingerprint density at radius 2 is 1.82 bits per heavy atom. The molecule has 182 valence electrons. The molecule has 0 spiro atoms. The number of carbonyl (C=O) groups excluding carboxylic acids is 3. The quantitative estimate of drug-likeness (QED) is 0.343. The molecule has 0 fully saturated rings. The molecule has 0 saturated heterocycles. The minimum absolute atomic E-state index is 0.0117. The Bertz CT molecular complexity index is 1120. The van der Waals surface area contributed by atoms with E-state index in [1.807, 2.05) is 36.4 Å². The summed E-state index contributed by atoms with van der Waals surface area (Å²) in [5.74, 6) is -1.15. The van der Waals surface area contributed by atoms with Crippen molar-refractivity contribution in [3.8, 4) is 5.75 Å². The van der Waals surface area contributed by atoms with Crippen LogP contribution >= 0.6 is 11.8 Å². The van der Waals surface area contributed by atoms with Gasteiger partial charge in [0.2, 0.25) is 23.7 Å². The molecule has 0 aromatic heterocycles. The van der Waals surface area contributed by atoms with Crippen LogP contribution in [0.5, 0.6) is 5.75 Å². The first-order valence-electron chi connectivity index (χ1n) is 10.4. The molecule has 0 aliphatic carbocycles. The molecule has 2 aromatic carbocycles. The van der Waals surface area contributed by atoms with Crippen molar-refractivity contribution in [3.63, 3.8) is 0 Å². The first kappa shape index (κ1) is 26.7. The Labute approximate surface area is 202 Å². The third-order valence-electron chi connectivity index (χ3n) is 4.91. The average Bonchev–Trinajstić information content (AvgIpc) is 2.79. The molecule has 2 amide bonds. The molecule has 0 heterocycles. The van der Waals surface area contributed by atoms with Crippen LogP contribution in [0.3, 0.4) is 0 Å². The predicted octanol–water partition coefficient (Wildman–Crippen LogP) is 1.64. The highest BCUT2D eigenvalue weighted by Crippen LogP contribution is 2.28. The summed E-state index contributed by atoms with van der Waals surface area (Å²) < 4.78 is 5.24. The summed E-state index contributed by atoms with van der Waals surface area (Å²) in [6.45, 7) is 3.07. The lowest BCUT2D eigenvalue weighted by Crippen LogP contribution is -2.51. The number of thioether (sulfide) groups is 1. The van der Waals surface area contributed by atoms with Gasteiger partial charge in [0.25, 0.3) is 0 Å². The highest BCUT2D eigenvalue weighted by Gasteiger charge is 2.24. The average molecular weight is 487 g/mol. The van der Waals surface area contributed by atoms with Gasteiger partial charge in [-0.1, -0.05) is 43.0 Å². The van der Waals surface area contributed by atoms with Gasteiger partial charge in [0.15, 0.2) is 5.12 Å². The van der Waals surface area contributed by atoms with E-state index in [-0.39, 0.29) is 22.8 Å². The van der Waals surface area contributed by atoms with Gasteiger partial charge in [-0.05, 0) is 28.5 Å². The second kappa shape index (κ2) is 12.0. The van der Waals surface area contributed by atoms with E-state index in [4.69, 9.17) is 15.9 Å². The normalized spacial score (nSPS) is 13.0. The molecular weight excluding hydrogens is 456 g/mol. The van der Waals surface area contributed by atoms with Crippen molar-refractivity contribution >= 4 is 51.4 Å². The van der Waals surface area contributed by atoms with Crippen LogP contribution in [0, 0.1) is 5.41 Å². The fourth-order valence-electron chi connectivity index (χ4n) is 2.95. The molecule has 0 aliphatic heterocycles. The van der Waals surface area contributed by atoms with Crippen molar-refractivity contribution in [2.45, 2.75) is 25.8 Å². The summed E-state index contributed by atoms with van der Waals surface area (Å²) in [5, 5.41) is 14.4. The van der Waals surface area contributed by atoms with Gasteiger partial charge in [0.05, 0.1) is 13.0 Å². The highest BCUT2D eigenvalue weighted by atomic mass is 32.2. The van der Waals surface area contributed by atoms with Crippen LogP contribution in [0.2, 0.25) is 0 Å². The predicted molar refractivity (Wildman–Crippen MR) is 135 cm³/mol. The number of nitrogens with one attached hydrogen (secondary N) is 3. The number of amides is 2. The van der Waals surface area contributed by atoms with Gasteiger partial charge in [-0.2, -0.15) is 4.99 Å². The molecule has 5 N–H and O–H groups in total. The van der Waals surface area contributed by atoms with Crippen molar-refractivity contribution in [3.05, 3.63) is 42.0 Å². The van der Waals surface area contributed by atoms with Crippen molar-refractivity contribution < 1.29 is 19.1 Å². The van der Waals surface area contributed by atoms with Crippen molar-refractivity contribution in [2.24, 2.45) is 10.7 Å². The molecule has 0 aliphatic rings. The molecule has 0 saturated carbocycles. The van der Waals surface area contributed by atoms with E-state index in [0.29, 0.717) is 0 Å². The highest BCUT2D eigenvalue weighted by molar-refractivity contribution is 8.13. The smallest absolute Gasteiger partial charge is 0.250 e.